The van der Waals surface area contributed by atoms with Crippen LogP contribution in [0.1, 0.15) is 19.8 Å². The Morgan fingerprint density at radius 2 is 2.38 bits per heavy atom. The monoisotopic (exact) mass is 346 g/mol. The normalized spacial score (nSPS) is 10.9. The number of anilines is 1. The molecule has 0 unspecified atom stereocenters. The summed E-state index contributed by atoms with van der Waals surface area (Å²) in [6, 6.07) is 3.66. The number of carbonyl (C=O) groups is 1. The van der Waals surface area contributed by atoms with Gasteiger partial charge >= 0.3 is 0 Å². The van der Waals surface area contributed by atoms with Crippen LogP contribution in [0, 0.1) is 5.41 Å². The van der Waals surface area contributed by atoms with E-state index in [1.807, 2.05) is 13.0 Å². The Balaban J connectivity index is 2.11. The molecule has 2 rings (SSSR count). The van der Waals surface area contributed by atoms with Crippen molar-refractivity contribution in [3.63, 3.8) is 0 Å². The van der Waals surface area contributed by atoms with E-state index in [0.29, 0.717) is 25.2 Å². The van der Waals surface area contributed by atoms with E-state index in [4.69, 9.17) is 17.0 Å². The van der Waals surface area contributed by atoms with Crippen LogP contribution in [0.2, 0.25) is 5.15 Å². The minimum atomic E-state index is -0.0721. The molecule has 0 radical (unpaired) electrons. The number of carbonyl (C=O) groups excluding carboxylic acids is 1. The van der Waals surface area contributed by atoms with Gasteiger partial charge in [0.1, 0.15) is 5.69 Å². The van der Waals surface area contributed by atoms with E-state index in [2.05, 4.69) is 15.1 Å². The molecule has 0 saturated heterocycles. The lowest BCUT2D eigenvalue weighted by Crippen LogP contribution is -2.30. The van der Waals surface area contributed by atoms with Gasteiger partial charge in [-0.1, -0.05) is 11.6 Å². The number of rotatable bonds is 8. The van der Waals surface area contributed by atoms with Crippen molar-refractivity contribution in [2.24, 2.45) is 4.99 Å². The third-order valence-electron chi connectivity index (χ3n) is 3.28. The number of nitrogens with zero attached hydrogens (tertiary/aromatic N) is 5. The molecule has 2 heterocycles. The Hall–Kier alpha value is -2.54. The molecule has 24 heavy (non-hydrogen) atoms. The second-order valence-corrected chi connectivity index (χ2v) is 5.24. The quantitative estimate of drug-likeness (QED) is 0.745. The molecule has 8 heteroatoms. The summed E-state index contributed by atoms with van der Waals surface area (Å²) >= 11 is 6.21. The second-order valence-electron chi connectivity index (χ2n) is 4.88. The van der Waals surface area contributed by atoms with E-state index in [1.54, 1.807) is 40.5 Å². The molecule has 0 aliphatic heterocycles. The second kappa shape index (κ2) is 8.93. The van der Waals surface area contributed by atoms with Gasteiger partial charge in [0.05, 0.1) is 18.1 Å². The lowest BCUT2D eigenvalue weighted by atomic mass is 10.3. The van der Waals surface area contributed by atoms with E-state index < -0.39 is 0 Å². The van der Waals surface area contributed by atoms with Crippen molar-refractivity contribution in [1.29, 1.82) is 5.41 Å². The number of halogens is 1. The zero-order valence-electron chi connectivity index (χ0n) is 13.4. The average Bonchev–Trinajstić information content (AvgIpc) is 2.98. The topological polar surface area (TPSA) is 87.2 Å². The first kappa shape index (κ1) is 17.8. The molecule has 1 amide bonds. The van der Waals surface area contributed by atoms with Crippen LogP contribution in [-0.2, 0) is 4.79 Å². The molecule has 0 saturated carbocycles. The third-order valence-corrected chi connectivity index (χ3v) is 3.55. The number of amides is 1. The standard InChI is InChI=1S/C16H19ClN6O/c1-2-22(15(24)6-10-19-9-4-7-18)14-12-23(21-16(14)17)13-5-3-8-20-11-13/h3,5,7-9,11-12,18H,2,4,6,10H2,1H3. The molecule has 7 nitrogen and oxygen atoms in total. The van der Waals surface area contributed by atoms with Gasteiger partial charge in [0.25, 0.3) is 0 Å². The smallest absolute Gasteiger partial charge is 0.228 e. The maximum atomic E-state index is 12.4. The molecule has 1 N–H and O–H groups in total. The van der Waals surface area contributed by atoms with Crippen molar-refractivity contribution in [3.05, 3.63) is 35.9 Å². The Labute approximate surface area is 145 Å². The van der Waals surface area contributed by atoms with Crippen LogP contribution in [0.4, 0.5) is 5.69 Å². The summed E-state index contributed by atoms with van der Waals surface area (Å²) in [5.41, 5.74) is 1.34. The van der Waals surface area contributed by atoms with Crippen LogP contribution in [0.25, 0.3) is 5.69 Å². The van der Waals surface area contributed by atoms with E-state index in [9.17, 15) is 4.79 Å². The van der Waals surface area contributed by atoms with Crippen molar-refractivity contribution in [1.82, 2.24) is 14.8 Å². The SMILES string of the molecule is CCN(C(=O)CCN=CCC=N)c1cn(-c2cccnc2)nc1Cl. The molecule has 0 bridgehead atoms. The molecule has 0 aliphatic rings. The molecular formula is C16H19ClN6O. The zero-order valence-corrected chi connectivity index (χ0v) is 14.1. The highest BCUT2D eigenvalue weighted by Crippen LogP contribution is 2.26. The Kier molecular flexibility index (Phi) is 6.62. The maximum Gasteiger partial charge on any atom is 0.228 e. The van der Waals surface area contributed by atoms with E-state index in [-0.39, 0.29) is 17.5 Å². The number of aliphatic imine (C=N–C) groups is 1. The van der Waals surface area contributed by atoms with Gasteiger partial charge in [-0.25, -0.2) is 4.68 Å². The average molecular weight is 347 g/mol. The number of hydrogen-bond acceptors (Lipinski definition) is 5. The first-order chi connectivity index (χ1) is 11.7. The van der Waals surface area contributed by atoms with E-state index in [0.717, 1.165) is 5.69 Å². The van der Waals surface area contributed by atoms with Gasteiger partial charge in [-0.05, 0) is 19.1 Å². The third kappa shape index (κ3) is 4.48. The summed E-state index contributed by atoms with van der Waals surface area (Å²) < 4.78 is 1.60. The number of aromatic nitrogens is 3. The van der Waals surface area contributed by atoms with Crippen LogP contribution < -0.4 is 4.90 Å². The van der Waals surface area contributed by atoms with Crippen molar-refractivity contribution in [2.45, 2.75) is 19.8 Å². The Bertz CT molecular complexity index is 713. The van der Waals surface area contributed by atoms with Gasteiger partial charge in [0, 0.05) is 44.6 Å². The van der Waals surface area contributed by atoms with Crippen molar-refractivity contribution in [3.8, 4) is 5.69 Å². The molecule has 0 aromatic carbocycles. The fraction of sp³-hybridized carbons (Fsp3) is 0.312. The fourth-order valence-corrected chi connectivity index (χ4v) is 2.37. The Morgan fingerprint density at radius 3 is 3.04 bits per heavy atom. The van der Waals surface area contributed by atoms with Crippen molar-refractivity contribution >= 4 is 35.6 Å². The van der Waals surface area contributed by atoms with Crippen LogP contribution in [0.15, 0.2) is 35.7 Å². The number of hydrogen-bond donors (Lipinski definition) is 1. The summed E-state index contributed by atoms with van der Waals surface area (Å²) in [4.78, 5) is 22.1. The van der Waals surface area contributed by atoms with E-state index in [1.165, 1.54) is 6.21 Å². The predicted molar refractivity (Wildman–Crippen MR) is 95.8 cm³/mol. The minimum absolute atomic E-state index is 0.0721. The van der Waals surface area contributed by atoms with Crippen molar-refractivity contribution < 1.29 is 4.79 Å². The van der Waals surface area contributed by atoms with Crippen LogP contribution in [0.5, 0.6) is 0 Å². The summed E-state index contributed by atoms with van der Waals surface area (Å²) in [5.74, 6) is -0.0721. The lowest BCUT2D eigenvalue weighted by molar-refractivity contribution is -0.118. The molecule has 0 atom stereocenters. The Morgan fingerprint density at radius 1 is 1.54 bits per heavy atom. The highest BCUT2D eigenvalue weighted by atomic mass is 35.5. The summed E-state index contributed by atoms with van der Waals surface area (Å²) in [7, 11) is 0. The summed E-state index contributed by atoms with van der Waals surface area (Å²) in [5, 5.41) is 11.4. The van der Waals surface area contributed by atoms with Gasteiger partial charge in [-0.2, -0.15) is 5.10 Å². The fourth-order valence-electron chi connectivity index (χ4n) is 2.14. The molecule has 126 valence electrons. The largest absolute Gasteiger partial charge is 0.313 e. The van der Waals surface area contributed by atoms with Crippen LogP contribution in [-0.4, -0.2) is 46.2 Å². The van der Waals surface area contributed by atoms with Gasteiger partial charge < -0.3 is 10.3 Å². The van der Waals surface area contributed by atoms with E-state index >= 15 is 0 Å². The van der Waals surface area contributed by atoms with Gasteiger partial charge in [-0.3, -0.25) is 14.8 Å². The molecule has 0 fully saturated rings. The van der Waals surface area contributed by atoms with Gasteiger partial charge in [-0.15, -0.1) is 0 Å². The lowest BCUT2D eigenvalue weighted by Gasteiger charge is -2.18. The minimum Gasteiger partial charge on any atom is -0.313 e. The van der Waals surface area contributed by atoms with Crippen LogP contribution >= 0.6 is 11.6 Å². The predicted octanol–water partition coefficient (Wildman–Crippen LogP) is 2.77. The first-order valence-electron chi connectivity index (χ1n) is 7.60. The highest BCUT2D eigenvalue weighted by molar-refractivity contribution is 6.32. The number of nitrogens with one attached hydrogen (secondary N) is 1. The van der Waals surface area contributed by atoms with Crippen LogP contribution in [0.3, 0.4) is 0 Å². The highest BCUT2D eigenvalue weighted by Gasteiger charge is 2.19. The summed E-state index contributed by atoms with van der Waals surface area (Å²) in [6.45, 7) is 2.76. The molecule has 2 aromatic heterocycles. The van der Waals surface area contributed by atoms with Gasteiger partial charge in [0.15, 0.2) is 5.15 Å². The maximum absolute atomic E-state index is 12.4. The molecule has 2 aromatic rings. The van der Waals surface area contributed by atoms with Crippen molar-refractivity contribution in [2.75, 3.05) is 18.0 Å². The molecular weight excluding hydrogens is 328 g/mol. The van der Waals surface area contributed by atoms with Gasteiger partial charge in [0.2, 0.25) is 5.91 Å². The number of pyridine rings is 1. The molecule has 0 spiro atoms. The summed E-state index contributed by atoms with van der Waals surface area (Å²) in [6.07, 6.45) is 8.71. The first-order valence-corrected chi connectivity index (χ1v) is 7.98. The molecule has 0 aliphatic carbocycles. The zero-order chi connectivity index (χ0) is 17.4.